The Hall–Kier alpha value is -2.17. The molecule has 82 valence electrons. The molecular formula is C11H11N3O2. The van der Waals surface area contributed by atoms with Gasteiger partial charge in [0.15, 0.2) is 5.65 Å². The van der Waals surface area contributed by atoms with Crippen LogP contribution in [0.1, 0.15) is 11.5 Å². The molecule has 0 saturated carbocycles. The third-order valence-corrected chi connectivity index (χ3v) is 2.21. The Morgan fingerprint density at radius 1 is 1.50 bits per heavy atom. The van der Waals surface area contributed by atoms with E-state index in [1.807, 2.05) is 6.07 Å². The predicted molar refractivity (Wildman–Crippen MR) is 58.8 cm³/mol. The second kappa shape index (κ2) is 3.77. The Morgan fingerprint density at radius 3 is 2.94 bits per heavy atom. The average Bonchev–Trinajstić information content (AvgIpc) is 2.66. The smallest absolute Gasteiger partial charge is 0.339 e. The summed E-state index contributed by atoms with van der Waals surface area (Å²) in [5, 5.41) is 4.19. The summed E-state index contributed by atoms with van der Waals surface area (Å²) >= 11 is 0. The summed E-state index contributed by atoms with van der Waals surface area (Å²) in [7, 11) is 1.32. The van der Waals surface area contributed by atoms with Crippen LogP contribution >= 0.6 is 0 Å². The lowest BCUT2D eigenvalue weighted by Gasteiger charge is -2.04. The lowest BCUT2D eigenvalue weighted by atomic mass is 10.2. The zero-order valence-corrected chi connectivity index (χ0v) is 9.10. The van der Waals surface area contributed by atoms with E-state index in [4.69, 9.17) is 0 Å². The van der Waals surface area contributed by atoms with Crippen molar-refractivity contribution in [2.24, 2.45) is 0 Å². The van der Waals surface area contributed by atoms with Gasteiger partial charge >= 0.3 is 5.97 Å². The fourth-order valence-electron chi connectivity index (χ4n) is 1.47. The van der Waals surface area contributed by atoms with Crippen LogP contribution in [0, 0.1) is 6.92 Å². The quantitative estimate of drug-likeness (QED) is 0.560. The highest BCUT2D eigenvalue weighted by atomic mass is 16.5. The average molecular weight is 217 g/mol. The van der Waals surface area contributed by atoms with Gasteiger partial charge < -0.3 is 4.74 Å². The fraction of sp³-hybridized carbons (Fsp3) is 0.182. The lowest BCUT2D eigenvalue weighted by Crippen LogP contribution is -2.07. The molecule has 0 saturated heterocycles. The lowest BCUT2D eigenvalue weighted by molar-refractivity contribution is -0.133. The zero-order valence-electron chi connectivity index (χ0n) is 9.10. The van der Waals surface area contributed by atoms with Crippen molar-refractivity contribution >= 4 is 17.2 Å². The van der Waals surface area contributed by atoms with Crippen molar-refractivity contribution in [3.8, 4) is 0 Å². The summed E-state index contributed by atoms with van der Waals surface area (Å²) < 4.78 is 6.20. The first-order valence-electron chi connectivity index (χ1n) is 4.73. The van der Waals surface area contributed by atoms with Crippen LogP contribution in [-0.2, 0) is 9.53 Å². The number of carbonyl (C=O) groups is 1. The highest BCUT2D eigenvalue weighted by Gasteiger charge is 2.14. The van der Waals surface area contributed by atoms with E-state index in [2.05, 4.69) is 21.4 Å². The van der Waals surface area contributed by atoms with Gasteiger partial charge in [0.05, 0.1) is 18.4 Å². The van der Waals surface area contributed by atoms with Gasteiger partial charge in [0.1, 0.15) is 5.82 Å². The van der Waals surface area contributed by atoms with E-state index in [1.54, 1.807) is 23.6 Å². The first kappa shape index (κ1) is 10.4. The van der Waals surface area contributed by atoms with Crippen LogP contribution in [-0.4, -0.2) is 27.7 Å². The second-order valence-corrected chi connectivity index (χ2v) is 3.31. The van der Waals surface area contributed by atoms with Crippen LogP contribution in [0.3, 0.4) is 0 Å². The molecule has 2 heterocycles. The Kier molecular flexibility index (Phi) is 2.44. The van der Waals surface area contributed by atoms with Gasteiger partial charge in [-0.05, 0) is 19.1 Å². The molecule has 0 aliphatic rings. The minimum absolute atomic E-state index is 0.262. The van der Waals surface area contributed by atoms with E-state index < -0.39 is 5.97 Å². The summed E-state index contributed by atoms with van der Waals surface area (Å²) in [5.74, 6) is 0.172. The van der Waals surface area contributed by atoms with Crippen LogP contribution < -0.4 is 0 Å². The topological polar surface area (TPSA) is 56.5 Å². The Labute approximate surface area is 92.4 Å². The molecule has 0 radical (unpaired) electrons. The number of hydrogen-bond acceptors (Lipinski definition) is 4. The van der Waals surface area contributed by atoms with E-state index in [1.165, 1.54) is 7.11 Å². The summed E-state index contributed by atoms with van der Waals surface area (Å²) in [4.78, 5) is 15.6. The number of aryl methyl sites for hydroxylation is 1. The minimum Gasteiger partial charge on any atom is -0.465 e. The van der Waals surface area contributed by atoms with Crippen LogP contribution in [0.5, 0.6) is 0 Å². The van der Waals surface area contributed by atoms with Crippen LogP contribution in [0.15, 0.2) is 24.8 Å². The maximum absolute atomic E-state index is 11.4. The van der Waals surface area contributed by atoms with Gasteiger partial charge in [0, 0.05) is 0 Å². The molecule has 0 bridgehead atoms. The molecule has 0 aliphatic heterocycles. The molecule has 0 aromatic carbocycles. The normalized spacial score (nSPS) is 10.4. The summed E-state index contributed by atoms with van der Waals surface area (Å²) in [6.07, 6.45) is 0. The van der Waals surface area contributed by atoms with Gasteiger partial charge in [-0.1, -0.05) is 12.6 Å². The highest BCUT2D eigenvalue weighted by Crippen LogP contribution is 2.15. The van der Waals surface area contributed by atoms with Crippen molar-refractivity contribution in [1.82, 2.24) is 14.6 Å². The number of nitrogens with zero attached hydrogens (tertiary/aromatic N) is 3. The summed E-state index contributed by atoms with van der Waals surface area (Å²) in [6, 6.07) is 5.36. The third-order valence-electron chi connectivity index (χ3n) is 2.21. The molecule has 16 heavy (non-hydrogen) atoms. The molecule has 0 unspecified atom stereocenters. The number of hydrogen-bond donors (Lipinski definition) is 0. The first-order valence-corrected chi connectivity index (χ1v) is 4.73. The Balaban J connectivity index is 2.60. The summed E-state index contributed by atoms with van der Waals surface area (Å²) in [5.41, 5.74) is 1.53. The number of aromatic nitrogens is 3. The molecule has 2 aromatic rings. The number of esters is 1. The van der Waals surface area contributed by atoms with Gasteiger partial charge in [-0.3, -0.25) is 0 Å². The Bertz CT molecular complexity index is 572. The van der Waals surface area contributed by atoms with Crippen molar-refractivity contribution in [1.29, 1.82) is 0 Å². The van der Waals surface area contributed by atoms with E-state index in [0.717, 1.165) is 0 Å². The van der Waals surface area contributed by atoms with Crippen molar-refractivity contribution in [2.45, 2.75) is 6.92 Å². The number of carbonyl (C=O) groups excluding carboxylic acids is 1. The van der Waals surface area contributed by atoms with Crippen molar-refractivity contribution in [2.75, 3.05) is 7.11 Å². The fourth-order valence-corrected chi connectivity index (χ4v) is 1.47. The predicted octanol–water partition coefficient (Wildman–Crippen LogP) is 1.22. The number of rotatable bonds is 2. The highest BCUT2D eigenvalue weighted by molar-refractivity contribution is 6.15. The SMILES string of the molecule is C=C(C(=O)OC)c1cccc2nc(C)nn12. The maximum atomic E-state index is 11.4. The first-order chi connectivity index (χ1) is 7.63. The van der Waals surface area contributed by atoms with Crippen molar-refractivity contribution in [3.63, 3.8) is 0 Å². The van der Waals surface area contributed by atoms with E-state index >= 15 is 0 Å². The molecule has 0 aliphatic carbocycles. The molecule has 2 aromatic heterocycles. The van der Waals surface area contributed by atoms with E-state index in [-0.39, 0.29) is 5.57 Å². The molecule has 2 rings (SSSR count). The van der Waals surface area contributed by atoms with Gasteiger partial charge in [-0.15, -0.1) is 0 Å². The number of pyridine rings is 1. The van der Waals surface area contributed by atoms with Crippen LogP contribution in [0.2, 0.25) is 0 Å². The number of ether oxygens (including phenoxy) is 1. The third kappa shape index (κ3) is 1.56. The van der Waals surface area contributed by atoms with E-state index in [0.29, 0.717) is 17.2 Å². The zero-order chi connectivity index (χ0) is 11.7. The van der Waals surface area contributed by atoms with Crippen molar-refractivity contribution < 1.29 is 9.53 Å². The monoisotopic (exact) mass is 217 g/mol. The van der Waals surface area contributed by atoms with Gasteiger partial charge in [-0.2, -0.15) is 5.10 Å². The standard InChI is InChI=1S/C11H11N3O2/c1-7(11(15)16-3)9-5-4-6-10-12-8(2)13-14(9)10/h4-6H,1H2,2-3H3. The molecule has 5 nitrogen and oxygen atoms in total. The van der Waals surface area contributed by atoms with Gasteiger partial charge in [0.2, 0.25) is 0 Å². The molecule has 5 heteroatoms. The molecule has 0 amide bonds. The van der Waals surface area contributed by atoms with Gasteiger partial charge in [0.25, 0.3) is 0 Å². The molecular weight excluding hydrogens is 206 g/mol. The number of fused-ring (bicyclic) bond motifs is 1. The van der Waals surface area contributed by atoms with E-state index in [9.17, 15) is 4.79 Å². The summed E-state index contributed by atoms with van der Waals surface area (Å²) in [6.45, 7) is 5.48. The van der Waals surface area contributed by atoms with Gasteiger partial charge in [-0.25, -0.2) is 14.3 Å². The van der Waals surface area contributed by atoms with Crippen LogP contribution in [0.4, 0.5) is 0 Å². The minimum atomic E-state index is -0.472. The maximum Gasteiger partial charge on any atom is 0.339 e. The molecule has 0 N–H and O–H groups in total. The largest absolute Gasteiger partial charge is 0.465 e. The molecule has 0 spiro atoms. The van der Waals surface area contributed by atoms with Crippen molar-refractivity contribution in [3.05, 3.63) is 36.3 Å². The number of methoxy groups -OCH3 is 1. The molecule has 0 atom stereocenters. The molecule has 0 fully saturated rings. The Morgan fingerprint density at radius 2 is 2.25 bits per heavy atom. The second-order valence-electron chi connectivity index (χ2n) is 3.31. The van der Waals surface area contributed by atoms with Crippen LogP contribution in [0.25, 0.3) is 11.2 Å².